The largest absolute Gasteiger partial charge is 0.493 e. The lowest BCUT2D eigenvalue weighted by atomic mass is 10.2. The molecular weight excluding hydrogens is 400 g/mol. The van der Waals surface area contributed by atoms with Gasteiger partial charge >= 0.3 is 0 Å². The summed E-state index contributed by atoms with van der Waals surface area (Å²) in [6.45, 7) is 3.86. The van der Waals surface area contributed by atoms with Gasteiger partial charge in [-0.1, -0.05) is 30.9 Å². The number of ether oxygens (including phenoxy) is 3. The fourth-order valence-electron chi connectivity index (χ4n) is 1.97. The van der Waals surface area contributed by atoms with E-state index < -0.39 is 0 Å². The first-order chi connectivity index (χ1) is 12.6. The Labute approximate surface area is 160 Å². The van der Waals surface area contributed by atoms with E-state index >= 15 is 0 Å². The maximum Gasteiger partial charge on any atom is 0.277 e. The van der Waals surface area contributed by atoms with Gasteiger partial charge in [0.05, 0.1) is 17.8 Å². The van der Waals surface area contributed by atoms with Crippen LogP contribution < -0.4 is 19.6 Å². The summed E-state index contributed by atoms with van der Waals surface area (Å²) in [6.07, 6.45) is 3.15. The Bertz CT molecular complexity index is 779. The third-order valence-electron chi connectivity index (χ3n) is 3.11. The molecule has 0 saturated heterocycles. The normalized spacial score (nSPS) is 10.4. The second kappa shape index (κ2) is 10.2. The monoisotopic (exact) mass is 418 g/mol. The first-order valence-electron chi connectivity index (χ1n) is 7.75. The third-order valence-corrected chi connectivity index (χ3v) is 3.70. The number of carbonyl (C=O) groups is 1. The zero-order chi connectivity index (χ0) is 18.8. The second-order valence-corrected chi connectivity index (χ2v) is 5.88. The van der Waals surface area contributed by atoms with Crippen LogP contribution in [0.15, 0.2) is 64.7 Å². The number of benzene rings is 2. The lowest BCUT2D eigenvalue weighted by Gasteiger charge is -2.12. The summed E-state index contributed by atoms with van der Waals surface area (Å²) in [5.41, 5.74) is 3.14. The van der Waals surface area contributed by atoms with Crippen molar-refractivity contribution in [1.29, 1.82) is 0 Å². The number of hydrogen-bond acceptors (Lipinski definition) is 5. The van der Waals surface area contributed by atoms with E-state index in [9.17, 15) is 4.79 Å². The first kappa shape index (κ1) is 19.5. The van der Waals surface area contributed by atoms with Crippen molar-refractivity contribution in [3.05, 3.63) is 65.2 Å². The molecule has 1 N–H and O–H groups in total. The Morgan fingerprint density at radius 2 is 2.04 bits per heavy atom. The molecule has 2 rings (SSSR count). The quantitative estimate of drug-likeness (QED) is 0.384. The third kappa shape index (κ3) is 5.93. The van der Waals surface area contributed by atoms with Gasteiger partial charge in [0.1, 0.15) is 12.4 Å². The zero-order valence-electron chi connectivity index (χ0n) is 14.3. The fourth-order valence-corrected chi connectivity index (χ4v) is 2.55. The standard InChI is InChI=1S/C19H19BrN2O4/c1-3-9-25-19-16(20)10-14(11-17(19)24-2)12-21-22-18(23)13-26-15-7-5-4-6-8-15/h3-8,10-12H,1,9,13H2,2H3,(H,22,23). The van der Waals surface area contributed by atoms with E-state index in [0.717, 1.165) is 5.56 Å². The molecule has 0 bridgehead atoms. The number of para-hydroxylation sites is 1. The van der Waals surface area contributed by atoms with Crippen LogP contribution in [0, 0.1) is 0 Å². The molecule has 2 aromatic rings. The van der Waals surface area contributed by atoms with Crippen molar-refractivity contribution in [3.63, 3.8) is 0 Å². The van der Waals surface area contributed by atoms with Crippen molar-refractivity contribution in [2.45, 2.75) is 0 Å². The van der Waals surface area contributed by atoms with Crippen LogP contribution in [0.5, 0.6) is 17.2 Å². The second-order valence-electron chi connectivity index (χ2n) is 5.03. The Morgan fingerprint density at radius 3 is 2.73 bits per heavy atom. The summed E-state index contributed by atoms with van der Waals surface area (Å²) >= 11 is 3.43. The maximum atomic E-state index is 11.8. The highest BCUT2D eigenvalue weighted by molar-refractivity contribution is 9.10. The molecule has 1 amide bonds. The Kier molecular flexibility index (Phi) is 7.70. The number of nitrogens with one attached hydrogen (secondary N) is 1. The number of nitrogens with zero attached hydrogens (tertiary/aromatic N) is 1. The van der Waals surface area contributed by atoms with Crippen LogP contribution in [0.4, 0.5) is 0 Å². The molecule has 26 heavy (non-hydrogen) atoms. The molecule has 0 radical (unpaired) electrons. The van der Waals surface area contributed by atoms with Gasteiger partial charge in [-0.3, -0.25) is 4.79 Å². The smallest absolute Gasteiger partial charge is 0.277 e. The van der Waals surface area contributed by atoms with Gasteiger partial charge in [-0.15, -0.1) is 0 Å². The molecule has 0 unspecified atom stereocenters. The molecule has 6 nitrogen and oxygen atoms in total. The van der Waals surface area contributed by atoms with Crippen LogP contribution in [0.1, 0.15) is 5.56 Å². The average molecular weight is 419 g/mol. The maximum absolute atomic E-state index is 11.8. The van der Waals surface area contributed by atoms with Crippen molar-refractivity contribution < 1.29 is 19.0 Å². The minimum Gasteiger partial charge on any atom is -0.493 e. The van der Waals surface area contributed by atoms with E-state index in [1.165, 1.54) is 6.21 Å². The molecule has 0 fully saturated rings. The molecular formula is C19H19BrN2O4. The van der Waals surface area contributed by atoms with Crippen LogP contribution >= 0.6 is 15.9 Å². The predicted molar refractivity (Wildman–Crippen MR) is 104 cm³/mol. The number of amides is 1. The number of hydrazone groups is 1. The summed E-state index contributed by atoms with van der Waals surface area (Å²) in [5.74, 6) is 1.38. The molecule has 7 heteroatoms. The number of rotatable bonds is 9. The highest BCUT2D eigenvalue weighted by Gasteiger charge is 2.10. The fraction of sp³-hybridized carbons (Fsp3) is 0.158. The Hall–Kier alpha value is -2.80. The molecule has 0 heterocycles. The molecule has 0 aliphatic heterocycles. The number of halogens is 1. The van der Waals surface area contributed by atoms with Crippen molar-refractivity contribution in [1.82, 2.24) is 5.43 Å². The van der Waals surface area contributed by atoms with E-state index in [4.69, 9.17) is 14.2 Å². The Balaban J connectivity index is 1.93. The van der Waals surface area contributed by atoms with Gasteiger partial charge in [-0.2, -0.15) is 5.10 Å². The molecule has 0 aliphatic rings. The first-order valence-corrected chi connectivity index (χ1v) is 8.54. The van der Waals surface area contributed by atoms with Crippen LogP contribution in [0.25, 0.3) is 0 Å². The number of methoxy groups -OCH3 is 1. The summed E-state index contributed by atoms with van der Waals surface area (Å²) in [6, 6.07) is 12.6. The van der Waals surface area contributed by atoms with Crippen LogP contribution in [-0.2, 0) is 4.79 Å². The number of carbonyl (C=O) groups excluding carboxylic acids is 1. The SMILES string of the molecule is C=CCOc1c(Br)cc(C=NNC(=O)COc2ccccc2)cc1OC. The topological polar surface area (TPSA) is 69.2 Å². The summed E-state index contributed by atoms with van der Waals surface area (Å²) in [4.78, 5) is 11.8. The van der Waals surface area contributed by atoms with Crippen LogP contribution in [0.3, 0.4) is 0 Å². The molecule has 0 aliphatic carbocycles. The van der Waals surface area contributed by atoms with Crippen LogP contribution in [-0.4, -0.2) is 32.4 Å². The van der Waals surface area contributed by atoms with Gasteiger partial charge in [0, 0.05) is 0 Å². The highest BCUT2D eigenvalue weighted by atomic mass is 79.9. The van der Waals surface area contributed by atoms with Gasteiger partial charge in [-0.25, -0.2) is 5.43 Å². The zero-order valence-corrected chi connectivity index (χ0v) is 15.9. The van der Waals surface area contributed by atoms with Gasteiger partial charge in [0.15, 0.2) is 18.1 Å². The summed E-state index contributed by atoms with van der Waals surface area (Å²) < 4.78 is 16.9. The predicted octanol–water partition coefficient (Wildman–Crippen LogP) is 3.55. The van der Waals surface area contributed by atoms with Crippen molar-refractivity contribution in [3.8, 4) is 17.2 Å². The van der Waals surface area contributed by atoms with Gasteiger partial charge < -0.3 is 14.2 Å². The molecule has 0 aromatic heterocycles. The Morgan fingerprint density at radius 1 is 1.27 bits per heavy atom. The molecule has 0 spiro atoms. The van der Waals surface area contributed by atoms with Crippen molar-refractivity contribution in [2.24, 2.45) is 5.10 Å². The minimum absolute atomic E-state index is 0.122. The van der Waals surface area contributed by atoms with E-state index in [1.807, 2.05) is 18.2 Å². The van der Waals surface area contributed by atoms with E-state index in [2.05, 4.69) is 33.0 Å². The van der Waals surface area contributed by atoms with Crippen molar-refractivity contribution >= 4 is 28.1 Å². The molecule has 0 saturated carbocycles. The van der Waals surface area contributed by atoms with Gasteiger partial charge in [0.25, 0.3) is 5.91 Å². The minimum atomic E-state index is -0.359. The van der Waals surface area contributed by atoms with Crippen LogP contribution in [0.2, 0.25) is 0 Å². The highest BCUT2D eigenvalue weighted by Crippen LogP contribution is 2.36. The van der Waals surface area contributed by atoms with E-state index in [0.29, 0.717) is 28.3 Å². The van der Waals surface area contributed by atoms with E-state index in [1.54, 1.807) is 37.5 Å². The number of hydrogen-bond donors (Lipinski definition) is 1. The molecule has 0 atom stereocenters. The van der Waals surface area contributed by atoms with Gasteiger partial charge in [0.2, 0.25) is 0 Å². The summed E-state index contributed by atoms with van der Waals surface area (Å²) in [5, 5.41) is 3.92. The molecule has 136 valence electrons. The average Bonchev–Trinajstić information content (AvgIpc) is 2.66. The van der Waals surface area contributed by atoms with E-state index in [-0.39, 0.29) is 12.5 Å². The lowest BCUT2D eigenvalue weighted by Crippen LogP contribution is -2.24. The summed E-state index contributed by atoms with van der Waals surface area (Å²) in [7, 11) is 1.55. The van der Waals surface area contributed by atoms with Crippen molar-refractivity contribution in [2.75, 3.05) is 20.3 Å². The lowest BCUT2D eigenvalue weighted by molar-refractivity contribution is -0.123. The van der Waals surface area contributed by atoms with Gasteiger partial charge in [-0.05, 0) is 45.8 Å². The molecule has 2 aromatic carbocycles.